The lowest BCUT2D eigenvalue weighted by Crippen LogP contribution is -2.31. The third-order valence-electron chi connectivity index (χ3n) is 4.37. The van der Waals surface area contributed by atoms with Crippen molar-refractivity contribution in [2.24, 2.45) is 5.10 Å². The van der Waals surface area contributed by atoms with E-state index >= 15 is 0 Å². The fourth-order valence-corrected chi connectivity index (χ4v) is 2.91. The molecule has 4 N–H and O–H groups in total. The molecular formula is C18H20N6O8S. The number of nitro groups is 2. The lowest BCUT2D eigenvalue weighted by molar-refractivity contribution is -0.393. The number of benzene rings is 2. The second-order valence-corrected chi connectivity index (χ2v) is 7.57. The zero-order valence-corrected chi connectivity index (χ0v) is 17.8. The van der Waals surface area contributed by atoms with E-state index in [0.29, 0.717) is 24.5 Å². The molecule has 1 fully saturated rings. The van der Waals surface area contributed by atoms with Gasteiger partial charge in [0.1, 0.15) is 5.69 Å². The Morgan fingerprint density at radius 3 is 2.27 bits per heavy atom. The summed E-state index contributed by atoms with van der Waals surface area (Å²) < 4.78 is 31.6. The van der Waals surface area contributed by atoms with Gasteiger partial charge in [0, 0.05) is 19.0 Å². The third kappa shape index (κ3) is 8.24. The van der Waals surface area contributed by atoms with Gasteiger partial charge in [-0.3, -0.25) is 40.2 Å². The van der Waals surface area contributed by atoms with Gasteiger partial charge in [-0.15, -0.1) is 0 Å². The summed E-state index contributed by atoms with van der Waals surface area (Å²) >= 11 is 0. The van der Waals surface area contributed by atoms with Crippen molar-refractivity contribution in [3.63, 3.8) is 0 Å². The van der Waals surface area contributed by atoms with Crippen LogP contribution in [0.15, 0.2) is 53.6 Å². The molecule has 0 amide bonds. The molecule has 0 aliphatic carbocycles. The first-order chi connectivity index (χ1) is 15.5. The number of amidine groups is 1. The van der Waals surface area contributed by atoms with Crippen molar-refractivity contribution in [2.45, 2.75) is 12.8 Å². The van der Waals surface area contributed by atoms with Crippen LogP contribution in [-0.4, -0.2) is 56.9 Å². The Hall–Kier alpha value is -3.95. The molecule has 1 heterocycles. The van der Waals surface area contributed by atoms with E-state index < -0.39 is 25.9 Å². The summed E-state index contributed by atoms with van der Waals surface area (Å²) in [7, 11) is -4.67. The number of hydrogen-bond donors (Lipinski definition) is 4. The van der Waals surface area contributed by atoms with Crippen LogP contribution >= 0.6 is 0 Å². The molecule has 0 saturated carbocycles. The van der Waals surface area contributed by atoms with E-state index in [-0.39, 0.29) is 11.4 Å². The summed E-state index contributed by atoms with van der Waals surface area (Å²) in [6, 6.07) is 12.7. The van der Waals surface area contributed by atoms with E-state index in [2.05, 4.69) is 10.5 Å². The van der Waals surface area contributed by atoms with Gasteiger partial charge in [-0.2, -0.15) is 13.5 Å². The van der Waals surface area contributed by atoms with Gasteiger partial charge < -0.3 is 4.90 Å². The van der Waals surface area contributed by atoms with E-state index in [1.165, 1.54) is 12.1 Å². The minimum absolute atomic E-state index is 0.0560. The van der Waals surface area contributed by atoms with Crippen LogP contribution in [-0.2, 0) is 10.4 Å². The molecule has 14 nitrogen and oxygen atoms in total. The summed E-state index contributed by atoms with van der Waals surface area (Å²) in [6.45, 7) is 1.14. The van der Waals surface area contributed by atoms with E-state index in [1.807, 2.05) is 35.2 Å². The molecule has 0 aromatic heterocycles. The number of likely N-dealkylation sites (tertiary alicyclic amines) is 1. The van der Waals surface area contributed by atoms with Crippen molar-refractivity contribution in [1.82, 2.24) is 4.90 Å². The summed E-state index contributed by atoms with van der Waals surface area (Å²) in [5, 5.41) is 34.5. The molecule has 0 atom stereocenters. The van der Waals surface area contributed by atoms with Crippen LogP contribution in [0.1, 0.15) is 18.4 Å². The first-order valence-corrected chi connectivity index (χ1v) is 10.7. The zero-order valence-electron chi connectivity index (χ0n) is 17.0. The smallest absolute Gasteiger partial charge is 0.355 e. The number of hydrazone groups is 1. The van der Waals surface area contributed by atoms with E-state index in [1.54, 1.807) is 0 Å². The van der Waals surface area contributed by atoms with Gasteiger partial charge in [-0.05, 0) is 18.1 Å². The number of nitro benzene ring substituents is 2. The van der Waals surface area contributed by atoms with Crippen LogP contribution in [0.3, 0.4) is 0 Å². The molecule has 0 spiro atoms. The Morgan fingerprint density at radius 1 is 1.12 bits per heavy atom. The summed E-state index contributed by atoms with van der Waals surface area (Å²) in [4.78, 5) is 22.7. The van der Waals surface area contributed by atoms with Gasteiger partial charge in [-0.1, -0.05) is 30.3 Å². The molecule has 33 heavy (non-hydrogen) atoms. The van der Waals surface area contributed by atoms with E-state index in [9.17, 15) is 20.2 Å². The number of anilines is 1. The van der Waals surface area contributed by atoms with Gasteiger partial charge in [0.05, 0.1) is 34.0 Å². The molecule has 1 aliphatic heterocycles. The molecule has 0 bridgehead atoms. The van der Waals surface area contributed by atoms with Gasteiger partial charge in [0.25, 0.3) is 5.69 Å². The SMILES string of the molecule is N=C1CCCN1C/C(=N\Nc1ccc([N+](=O)[O-])cc1[N+](=O)[O-])c1ccccc1.O=S(=O)(O)O. The monoisotopic (exact) mass is 480 g/mol. The Balaban J connectivity index is 0.000000696. The molecule has 1 saturated heterocycles. The average molecular weight is 480 g/mol. The maximum Gasteiger partial charge on any atom is 0.394 e. The zero-order chi connectivity index (χ0) is 24.6. The summed E-state index contributed by atoms with van der Waals surface area (Å²) in [5.41, 5.74) is 3.36. The lowest BCUT2D eigenvalue weighted by atomic mass is 10.1. The molecule has 15 heteroatoms. The normalized spacial score (nSPS) is 13.8. The van der Waals surface area contributed by atoms with Crippen LogP contribution in [0.5, 0.6) is 0 Å². The highest BCUT2D eigenvalue weighted by Crippen LogP contribution is 2.29. The van der Waals surface area contributed by atoms with E-state index in [0.717, 1.165) is 24.6 Å². The second kappa shape index (κ2) is 11.1. The van der Waals surface area contributed by atoms with Gasteiger partial charge in [0.2, 0.25) is 0 Å². The highest BCUT2D eigenvalue weighted by atomic mass is 32.3. The quantitative estimate of drug-likeness (QED) is 0.197. The van der Waals surface area contributed by atoms with Crippen molar-refractivity contribution in [3.05, 3.63) is 74.3 Å². The molecule has 1 aliphatic rings. The summed E-state index contributed by atoms with van der Waals surface area (Å²) in [6.07, 6.45) is 1.62. The predicted octanol–water partition coefficient (Wildman–Crippen LogP) is 2.74. The Morgan fingerprint density at radius 2 is 1.76 bits per heavy atom. The molecular weight excluding hydrogens is 460 g/mol. The van der Waals surface area contributed by atoms with Crippen LogP contribution in [0, 0.1) is 25.6 Å². The molecule has 176 valence electrons. The van der Waals surface area contributed by atoms with Crippen molar-refractivity contribution in [3.8, 4) is 0 Å². The van der Waals surface area contributed by atoms with Crippen molar-refractivity contribution in [1.29, 1.82) is 5.41 Å². The molecule has 2 aromatic carbocycles. The maximum absolute atomic E-state index is 11.3. The Labute approximate surface area is 187 Å². The number of hydrogen-bond acceptors (Lipinski definition) is 9. The Kier molecular flexibility index (Phi) is 8.49. The standard InChI is InChI=1S/C18H18N6O4.H2O4S/c19-18-7-4-10-22(18)12-16(13-5-2-1-3-6-13)21-20-15-9-8-14(23(25)26)11-17(15)24(27)28;1-5(2,3)4/h1-3,5-6,8-9,11,19-20H,4,7,10,12H2;(H2,1,2,3,4)/b19-18?,21-16+;. The van der Waals surface area contributed by atoms with Crippen LogP contribution in [0.25, 0.3) is 0 Å². The van der Waals surface area contributed by atoms with Crippen LogP contribution < -0.4 is 5.43 Å². The molecule has 3 rings (SSSR count). The molecule has 0 unspecified atom stereocenters. The predicted molar refractivity (Wildman–Crippen MR) is 119 cm³/mol. The van der Waals surface area contributed by atoms with Gasteiger partial charge in [-0.25, -0.2) is 0 Å². The van der Waals surface area contributed by atoms with Crippen molar-refractivity contribution >= 4 is 39.0 Å². The minimum Gasteiger partial charge on any atom is -0.355 e. The van der Waals surface area contributed by atoms with E-state index in [4.69, 9.17) is 22.9 Å². The first kappa shape index (κ1) is 25.3. The van der Waals surface area contributed by atoms with Gasteiger partial charge in [0.15, 0.2) is 0 Å². The molecule has 2 aromatic rings. The van der Waals surface area contributed by atoms with Crippen LogP contribution in [0.2, 0.25) is 0 Å². The number of nitrogens with zero attached hydrogens (tertiary/aromatic N) is 4. The summed E-state index contributed by atoms with van der Waals surface area (Å²) in [5.74, 6) is 0.532. The minimum atomic E-state index is -4.67. The van der Waals surface area contributed by atoms with Gasteiger partial charge >= 0.3 is 16.1 Å². The lowest BCUT2D eigenvalue weighted by Gasteiger charge is -2.19. The fourth-order valence-electron chi connectivity index (χ4n) is 2.91. The third-order valence-corrected chi connectivity index (χ3v) is 4.37. The second-order valence-electron chi connectivity index (χ2n) is 6.67. The average Bonchev–Trinajstić information content (AvgIpc) is 3.14. The Bertz CT molecular complexity index is 1160. The molecule has 0 radical (unpaired) electrons. The number of nitrogens with one attached hydrogen (secondary N) is 2. The largest absolute Gasteiger partial charge is 0.394 e. The fraction of sp³-hybridized carbons (Fsp3) is 0.222. The topological polar surface area (TPSA) is 212 Å². The van der Waals surface area contributed by atoms with Crippen molar-refractivity contribution < 1.29 is 27.4 Å². The van der Waals surface area contributed by atoms with Crippen molar-refractivity contribution in [2.75, 3.05) is 18.5 Å². The highest BCUT2D eigenvalue weighted by Gasteiger charge is 2.21. The first-order valence-electron chi connectivity index (χ1n) is 9.29. The highest BCUT2D eigenvalue weighted by molar-refractivity contribution is 7.79. The number of non-ortho nitro benzene ring substituents is 1. The number of rotatable bonds is 7. The maximum atomic E-state index is 11.3. The van der Waals surface area contributed by atoms with Crippen LogP contribution in [0.4, 0.5) is 17.1 Å².